The minimum Gasteiger partial charge on any atom is -0.359 e. The Bertz CT molecular complexity index is 778. The average Bonchev–Trinajstić information content (AvgIpc) is 2.92. The first-order valence-corrected chi connectivity index (χ1v) is 6.26. The maximum Gasteiger partial charge on any atom is 0.283 e. The van der Waals surface area contributed by atoms with Crippen LogP contribution in [0.3, 0.4) is 0 Å². The van der Waals surface area contributed by atoms with E-state index in [4.69, 9.17) is 4.74 Å². The molecule has 0 aliphatic rings. The molecule has 102 valence electrons. The zero-order chi connectivity index (χ0) is 13.9. The van der Waals surface area contributed by atoms with E-state index in [-0.39, 0.29) is 12.3 Å². The van der Waals surface area contributed by atoms with Gasteiger partial charge in [0, 0.05) is 6.61 Å². The van der Waals surface area contributed by atoms with Crippen LogP contribution in [0, 0.1) is 0 Å². The lowest BCUT2D eigenvalue weighted by Crippen LogP contribution is -2.25. The van der Waals surface area contributed by atoms with Crippen molar-refractivity contribution in [3.8, 4) is 5.69 Å². The van der Waals surface area contributed by atoms with Crippen molar-refractivity contribution >= 4 is 11.0 Å². The number of aromatic nitrogens is 5. The van der Waals surface area contributed by atoms with E-state index in [2.05, 4.69) is 15.4 Å². The van der Waals surface area contributed by atoms with E-state index in [1.54, 1.807) is 4.68 Å². The van der Waals surface area contributed by atoms with Gasteiger partial charge in [0.25, 0.3) is 5.56 Å². The topological polar surface area (TPSA) is 74.8 Å². The second kappa shape index (κ2) is 5.22. The summed E-state index contributed by atoms with van der Waals surface area (Å²) >= 11 is 0. The van der Waals surface area contributed by atoms with Crippen LogP contribution < -0.4 is 5.56 Å². The Morgan fingerprint density at radius 2 is 2.05 bits per heavy atom. The predicted octanol–water partition coefficient (Wildman–Crippen LogP) is 0.971. The summed E-state index contributed by atoms with van der Waals surface area (Å²) in [4.78, 5) is 12.2. The number of rotatable bonds is 4. The van der Waals surface area contributed by atoms with Crippen molar-refractivity contribution in [1.29, 1.82) is 0 Å². The van der Waals surface area contributed by atoms with Crippen molar-refractivity contribution < 1.29 is 4.74 Å². The zero-order valence-electron chi connectivity index (χ0n) is 10.9. The Kier molecular flexibility index (Phi) is 3.26. The number of ether oxygens (including phenoxy) is 1. The van der Waals surface area contributed by atoms with Crippen molar-refractivity contribution in [2.45, 2.75) is 13.7 Å². The summed E-state index contributed by atoms with van der Waals surface area (Å²) in [5.41, 5.74) is 1.01. The Morgan fingerprint density at radius 1 is 1.25 bits per heavy atom. The van der Waals surface area contributed by atoms with Crippen LogP contribution in [0.15, 0.2) is 41.3 Å². The van der Waals surface area contributed by atoms with Gasteiger partial charge in [0.15, 0.2) is 5.65 Å². The third kappa shape index (κ3) is 2.08. The van der Waals surface area contributed by atoms with Crippen LogP contribution >= 0.6 is 0 Å². The molecule has 0 bridgehead atoms. The molecule has 7 nitrogen and oxygen atoms in total. The smallest absolute Gasteiger partial charge is 0.283 e. The van der Waals surface area contributed by atoms with Crippen molar-refractivity contribution in [2.24, 2.45) is 0 Å². The molecular formula is C13H13N5O2. The van der Waals surface area contributed by atoms with Gasteiger partial charge >= 0.3 is 0 Å². The number of para-hydroxylation sites is 1. The highest BCUT2D eigenvalue weighted by Crippen LogP contribution is 2.12. The van der Waals surface area contributed by atoms with Crippen LogP contribution in [0.4, 0.5) is 0 Å². The summed E-state index contributed by atoms with van der Waals surface area (Å²) in [6.45, 7) is 2.45. The number of fused-ring (bicyclic) bond motifs is 1. The average molecular weight is 271 g/mol. The fraction of sp³-hybridized carbons (Fsp3) is 0.231. The molecule has 2 aromatic heterocycles. The molecule has 0 spiro atoms. The first-order valence-electron chi connectivity index (χ1n) is 6.26. The molecule has 2 heterocycles. The van der Waals surface area contributed by atoms with Gasteiger partial charge in [-0.1, -0.05) is 23.4 Å². The van der Waals surface area contributed by atoms with Crippen molar-refractivity contribution in [3.05, 3.63) is 46.9 Å². The van der Waals surface area contributed by atoms with Crippen LogP contribution in [-0.4, -0.2) is 31.4 Å². The molecule has 0 N–H and O–H groups in total. The van der Waals surface area contributed by atoms with E-state index in [1.807, 2.05) is 37.3 Å². The molecular weight excluding hydrogens is 258 g/mol. The highest BCUT2D eigenvalue weighted by atomic mass is 16.5. The molecule has 3 rings (SSSR count). The van der Waals surface area contributed by atoms with Gasteiger partial charge in [-0.15, -0.1) is 5.10 Å². The van der Waals surface area contributed by atoms with Gasteiger partial charge in [0.2, 0.25) is 0 Å². The number of nitrogens with zero attached hydrogens (tertiary/aromatic N) is 5. The number of hydrogen-bond acceptors (Lipinski definition) is 5. The maximum absolute atomic E-state index is 12.2. The van der Waals surface area contributed by atoms with E-state index in [1.165, 1.54) is 10.9 Å². The van der Waals surface area contributed by atoms with E-state index >= 15 is 0 Å². The number of hydrogen-bond donors (Lipinski definition) is 0. The minimum atomic E-state index is -0.259. The fourth-order valence-electron chi connectivity index (χ4n) is 1.89. The Balaban J connectivity index is 2.11. The third-order valence-electron chi connectivity index (χ3n) is 2.87. The maximum atomic E-state index is 12.2. The molecule has 0 fully saturated rings. The van der Waals surface area contributed by atoms with Gasteiger partial charge in [-0.25, -0.2) is 4.68 Å². The van der Waals surface area contributed by atoms with Gasteiger partial charge < -0.3 is 4.74 Å². The Hall–Kier alpha value is -2.54. The summed E-state index contributed by atoms with van der Waals surface area (Å²) in [5.74, 6) is 0. The molecule has 0 aliphatic heterocycles. The quantitative estimate of drug-likeness (QED) is 0.707. The summed E-state index contributed by atoms with van der Waals surface area (Å²) in [6, 6.07) is 9.48. The zero-order valence-corrected chi connectivity index (χ0v) is 10.9. The van der Waals surface area contributed by atoms with Crippen molar-refractivity contribution in [1.82, 2.24) is 24.8 Å². The molecule has 20 heavy (non-hydrogen) atoms. The van der Waals surface area contributed by atoms with E-state index in [9.17, 15) is 4.79 Å². The number of benzene rings is 1. The van der Waals surface area contributed by atoms with Gasteiger partial charge in [0.1, 0.15) is 12.1 Å². The highest BCUT2D eigenvalue weighted by Gasteiger charge is 2.12. The fourth-order valence-corrected chi connectivity index (χ4v) is 1.89. The largest absolute Gasteiger partial charge is 0.359 e. The van der Waals surface area contributed by atoms with E-state index in [0.29, 0.717) is 17.6 Å². The summed E-state index contributed by atoms with van der Waals surface area (Å²) in [6.07, 6.45) is 1.50. The van der Waals surface area contributed by atoms with Crippen LogP contribution in [0.2, 0.25) is 0 Å². The molecule has 0 saturated carbocycles. The molecule has 0 aliphatic carbocycles. The minimum absolute atomic E-state index is 0.0921. The molecule has 7 heteroatoms. The van der Waals surface area contributed by atoms with Gasteiger partial charge in [-0.2, -0.15) is 9.78 Å². The van der Waals surface area contributed by atoms with Crippen LogP contribution in [0.5, 0.6) is 0 Å². The molecule has 1 aromatic carbocycles. The summed E-state index contributed by atoms with van der Waals surface area (Å²) in [5, 5.41) is 12.6. The highest BCUT2D eigenvalue weighted by molar-refractivity contribution is 5.74. The first-order chi connectivity index (χ1) is 9.81. The third-order valence-corrected chi connectivity index (χ3v) is 2.87. The predicted molar refractivity (Wildman–Crippen MR) is 72.5 cm³/mol. The molecule has 3 aromatic rings. The van der Waals surface area contributed by atoms with Crippen molar-refractivity contribution in [3.63, 3.8) is 0 Å². The lowest BCUT2D eigenvalue weighted by molar-refractivity contribution is 0.0739. The first kappa shape index (κ1) is 12.5. The Labute approximate surface area is 114 Å². The van der Waals surface area contributed by atoms with E-state index < -0.39 is 0 Å². The van der Waals surface area contributed by atoms with Crippen LogP contribution in [0.25, 0.3) is 16.7 Å². The molecule has 0 atom stereocenters. The van der Waals surface area contributed by atoms with Crippen LogP contribution in [-0.2, 0) is 11.5 Å². The van der Waals surface area contributed by atoms with Gasteiger partial charge in [0.05, 0.1) is 11.9 Å². The monoisotopic (exact) mass is 271 g/mol. The molecule has 0 unspecified atom stereocenters. The van der Waals surface area contributed by atoms with Crippen molar-refractivity contribution in [2.75, 3.05) is 6.61 Å². The normalized spacial score (nSPS) is 11.1. The summed E-state index contributed by atoms with van der Waals surface area (Å²) < 4.78 is 7.95. The van der Waals surface area contributed by atoms with E-state index in [0.717, 1.165) is 5.69 Å². The summed E-state index contributed by atoms with van der Waals surface area (Å²) in [7, 11) is 0. The van der Waals surface area contributed by atoms with Gasteiger partial charge in [-0.05, 0) is 19.1 Å². The van der Waals surface area contributed by atoms with Gasteiger partial charge in [-0.3, -0.25) is 4.79 Å². The molecule has 0 radical (unpaired) electrons. The lowest BCUT2D eigenvalue weighted by Gasteiger charge is -2.04. The molecule has 0 amide bonds. The second-order valence-electron chi connectivity index (χ2n) is 4.15. The lowest BCUT2D eigenvalue weighted by atomic mass is 10.3. The molecule has 0 saturated heterocycles. The van der Waals surface area contributed by atoms with Crippen LogP contribution in [0.1, 0.15) is 6.92 Å². The Morgan fingerprint density at radius 3 is 2.80 bits per heavy atom. The SMILES string of the molecule is CCOCn1nnc2c(cnn2-c2ccccc2)c1=O. The standard InChI is InChI=1S/C13H13N5O2/c1-2-20-9-17-13(19)11-8-14-18(12(11)15-16-17)10-6-4-3-5-7-10/h3-8H,2,9H2,1H3. The second-order valence-corrected chi connectivity index (χ2v) is 4.15.